The van der Waals surface area contributed by atoms with E-state index < -0.39 is 9.04 Å². The van der Waals surface area contributed by atoms with Gasteiger partial charge in [0.25, 0.3) is 0 Å². The highest BCUT2D eigenvalue weighted by Crippen LogP contribution is 2.16. The molecular weight excluding hydrogens is 168 g/mol. The van der Waals surface area contributed by atoms with E-state index in [0.717, 1.165) is 5.56 Å². The second-order valence-corrected chi connectivity index (χ2v) is 5.42. The van der Waals surface area contributed by atoms with Crippen molar-refractivity contribution in [2.75, 3.05) is 0 Å². The summed E-state index contributed by atoms with van der Waals surface area (Å²) >= 11 is 0. The molecule has 2 nitrogen and oxygen atoms in total. The van der Waals surface area contributed by atoms with Crippen LogP contribution in [-0.4, -0.2) is 14.1 Å². The summed E-state index contributed by atoms with van der Waals surface area (Å²) in [5, 5.41) is 9.36. The Balaban J connectivity index is 2.57. The summed E-state index contributed by atoms with van der Waals surface area (Å²) < 4.78 is 5.49. The van der Waals surface area contributed by atoms with Gasteiger partial charge in [0.15, 0.2) is 9.04 Å². The molecule has 0 atom stereocenters. The lowest BCUT2D eigenvalue weighted by molar-refractivity contribution is 0.306. The third-order valence-corrected chi connectivity index (χ3v) is 2.40. The number of phenolic OH excluding ortho intramolecular Hbond substituents is 1. The number of rotatable bonds is 3. The van der Waals surface area contributed by atoms with Gasteiger partial charge in [0.05, 0.1) is 6.61 Å². The van der Waals surface area contributed by atoms with Gasteiger partial charge in [-0.25, -0.2) is 0 Å². The number of aromatic hydroxyl groups is 1. The van der Waals surface area contributed by atoms with Crippen LogP contribution >= 0.6 is 0 Å². The Labute approximate surface area is 74.5 Å². The van der Waals surface area contributed by atoms with Crippen LogP contribution in [-0.2, 0) is 11.0 Å². The molecule has 0 aliphatic carbocycles. The third-order valence-electron chi connectivity index (χ3n) is 1.56. The van der Waals surface area contributed by atoms with Crippen LogP contribution in [0.1, 0.15) is 5.56 Å². The molecule has 0 bridgehead atoms. The number of benzene rings is 1. The first-order valence-electron chi connectivity index (χ1n) is 4.08. The van der Waals surface area contributed by atoms with Gasteiger partial charge < -0.3 is 9.53 Å². The number of hydrogen-bond donors (Lipinski definition) is 1. The Hall–Kier alpha value is -0.803. The van der Waals surface area contributed by atoms with Gasteiger partial charge >= 0.3 is 0 Å². The molecule has 1 N–H and O–H groups in total. The highest BCUT2D eigenvalue weighted by Gasteiger charge is 2.00. The maximum absolute atomic E-state index is 9.36. The molecule has 0 radical (unpaired) electrons. The Morgan fingerprint density at radius 2 is 2.00 bits per heavy atom. The summed E-state index contributed by atoms with van der Waals surface area (Å²) in [7, 11) is -0.972. The summed E-state index contributed by atoms with van der Waals surface area (Å²) in [5.41, 5.74) is 0.874. The molecule has 0 fully saturated rings. The first-order valence-corrected chi connectivity index (χ1v) is 6.86. The molecule has 0 spiro atoms. The molecule has 0 saturated carbocycles. The van der Waals surface area contributed by atoms with Crippen molar-refractivity contribution in [3.8, 4) is 5.75 Å². The van der Waals surface area contributed by atoms with E-state index in [-0.39, 0.29) is 0 Å². The SMILES string of the molecule is C[SiH](C)OCc1ccccc1O. The van der Waals surface area contributed by atoms with E-state index in [1.54, 1.807) is 6.07 Å². The molecule has 1 aromatic carbocycles. The fourth-order valence-electron chi connectivity index (χ4n) is 0.889. The van der Waals surface area contributed by atoms with E-state index in [1.807, 2.05) is 18.2 Å². The molecule has 12 heavy (non-hydrogen) atoms. The lowest BCUT2D eigenvalue weighted by atomic mass is 10.2. The number of phenols is 1. The molecule has 3 heteroatoms. The molecule has 0 amide bonds. The second kappa shape index (κ2) is 4.28. The zero-order chi connectivity index (χ0) is 8.97. The Morgan fingerprint density at radius 3 is 2.58 bits per heavy atom. The highest BCUT2D eigenvalue weighted by atomic mass is 28.3. The number of para-hydroxylation sites is 1. The quantitative estimate of drug-likeness (QED) is 0.723. The Morgan fingerprint density at radius 1 is 1.33 bits per heavy atom. The van der Waals surface area contributed by atoms with E-state index in [0.29, 0.717) is 12.4 Å². The molecule has 1 aromatic rings. The Kier molecular flexibility index (Phi) is 3.31. The minimum atomic E-state index is -0.972. The van der Waals surface area contributed by atoms with Gasteiger partial charge in [-0.1, -0.05) is 18.2 Å². The van der Waals surface area contributed by atoms with Crippen molar-refractivity contribution < 1.29 is 9.53 Å². The van der Waals surface area contributed by atoms with Crippen LogP contribution in [0.5, 0.6) is 5.75 Å². The van der Waals surface area contributed by atoms with Crippen molar-refractivity contribution in [1.82, 2.24) is 0 Å². The maximum atomic E-state index is 9.36. The van der Waals surface area contributed by atoms with Gasteiger partial charge in [0.2, 0.25) is 0 Å². The summed E-state index contributed by atoms with van der Waals surface area (Å²) in [6.07, 6.45) is 0. The van der Waals surface area contributed by atoms with Crippen molar-refractivity contribution in [3.63, 3.8) is 0 Å². The summed E-state index contributed by atoms with van der Waals surface area (Å²) in [4.78, 5) is 0. The topological polar surface area (TPSA) is 29.5 Å². The molecule has 0 aliphatic rings. The lowest BCUT2D eigenvalue weighted by Crippen LogP contribution is -2.07. The summed E-state index contributed by atoms with van der Waals surface area (Å²) in [6.45, 7) is 4.76. The van der Waals surface area contributed by atoms with Crippen molar-refractivity contribution in [2.45, 2.75) is 19.7 Å². The first kappa shape index (κ1) is 9.29. The zero-order valence-electron chi connectivity index (χ0n) is 7.45. The smallest absolute Gasteiger partial charge is 0.171 e. The van der Waals surface area contributed by atoms with E-state index in [1.165, 1.54) is 0 Å². The third kappa shape index (κ3) is 2.68. The number of hydrogen-bond acceptors (Lipinski definition) is 2. The molecule has 0 unspecified atom stereocenters. The monoisotopic (exact) mass is 182 g/mol. The summed E-state index contributed by atoms with van der Waals surface area (Å²) in [5.74, 6) is 0.326. The van der Waals surface area contributed by atoms with Crippen LogP contribution < -0.4 is 0 Å². The van der Waals surface area contributed by atoms with Gasteiger partial charge in [-0.05, 0) is 19.2 Å². The molecule has 0 heterocycles. The predicted octanol–water partition coefficient (Wildman–Crippen LogP) is 1.89. The first-order chi connectivity index (χ1) is 5.70. The van der Waals surface area contributed by atoms with Crippen molar-refractivity contribution >= 4 is 9.04 Å². The maximum Gasteiger partial charge on any atom is 0.171 e. The average Bonchev–Trinajstić information content (AvgIpc) is 2.03. The summed E-state index contributed by atoms with van der Waals surface area (Å²) in [6, 6.07) is 7.28. The molecular formula is C9H14O2Si. The van der Waals surface area contributed by atoms with Crippen molar-refractivity contribution in [2.24, 2.45) is 0 Å². The zero-order valence-corrected chi connectivity index (χ0v) is 8.60. The highest BCUT2D eigenvalue weighted by molar-refractivity contribution is 6.48. The lowest BCUT2D eigenvalue weighted by Gasteiger charge is -2.07. The van der Waals surface area contributed by atoms with Crippen LogP contribution in [0.15, 0.2) is 24.3 Å². The molecule has 0 aliphatic heterocycles. The van der Waals surface area contributed by atoms with E-state index in [4.69, 9.17) is 4.43 Å². The van der Waals surface area contributed by atoms with Crippen LogP contribution in [0.2, 0.25) is 13.1 Å². The van der Waals surface area contributed by atoms with Crippen LogP contribution in [0.25, 0.3) is 0 Å². The largest absolute Gasteiger partial charge is 0.508 e. The molecule has 66 valence electrons. The standard InChI is InChI=1S/C9H14O2Si/c1-12(2)11-7-8-5-3-4-6-9(8)10/h3-6,10,12H,7H2,1-2H3. The van der Waals surface area contributed by atoms with E-state index in [9.17, 15) is 5.11 Å². The van der Waals surface area contributed by atoms with Crippen molar-refractivity contribution in [1.29, 1.82) is 0 Å². The predicted molar refractivity (Wildman–Crippen MR) is 51.8 cm³/mol. The van der Waals surface area contributed by atoms with Crippen LogP contribution in [0.4, 0.5) is 0 Å². The fraction of sp³-hybridized carbons (Fsp3) is 0.333. The molecule has 0 aromatic heterocycles. The fourth-order valence-corrected chi connectivity index (χ4v) is 1.40. The van der Waals surface area contributed by atoms with E-state index >= 15 is 0 Å². The van der Waals surface area contributed by atoms with Crippen molar-refractivity contribution in [3.05, 3.63) is 29.8 Å². The van der Waals surface area contributed by atoms with Crippen LogP contribution in [0, 0.1) is 0 Å². The average molecular weight is 182 g/mol. The Bertz CT molecular complexity index is 248. The van der Waals surface area contributed by atoms with Crippen LogP contribution in [0.3, 0.4) is 0 Å². The van der Waals surface area contributed by atoms with Gasteiger partial charge in [-0.2, -0.15) is 0 Å². The second-order valence-electron chi connectivity index (χ2n) is 2.99. The van der Waals surface area contributed by atoms with Gasteiger partial charge in [0, 0.05) is 5.56 Å². The van der Waals surface area contributed by atoms with E-state index in [2.05, 4.69) is 13.1 Å². The normalized spacial score (nSPS) is 10.6. The minimum absolute atomic E-state index is 0.326. The van der Waals surface area contributed by atoms with Gasteiger partial charge in [-0.15, -0.1) is 0 Å². The molecule has 1 rings (SSSR count). The van der Waals surface area contributed by atoms with Gasteiger partial charge in [0.1, 0.15) is 5.75 Å². The molecule has 0 saturated heterocycles. The van der Waals surface area contributed by atoms with Gasteiger partial charge in [-0.3, -0.25) is 0 Å². The minimum Gasteiger partial charge on any atom is -0.508 e.